The molecule has 1 amide bonds. The van der Waals surface area contributed by atoms with E-state index in [9.17, 15) is 4.79 Å². The third-order valence-electron chi connectivity index (χ3n) is 4.13. The van der Waals surface area contributed by atoms with Crippen LogP contribution in [-0.2, 0) is 16.0 Å². The fourth-order valence-corrected chi connectivity index (χ4v) is 3.65. The summed E-state index contributed by atoms with van der Waals surface area (Å²) in [7, 11) is 1.56. The minimum atomic E-state index is -0.661. The maximum atomic E-state index is 12.6. The van der Waals surface area contributed by atoms with E-state index >= 15 is 0 Å². The second kappa shape index (κ2) is 13.5. The van der Waals surface area contributed by atoms with Gasteiger partial charge in [-0.2, -0.15) is 0 Å². The Bertz CT molecular complexity index is 934. The Kier molecular flexibility index (Phi) is 10.7. The highest BCUT2D eigenvalue weighted by Crippen LogP contribution is 2.28. The van der Waals surface area contributed by atoms with Gasteiger partial charge < -0.3 is 19.5 Å². The molecular formula is C24H24ClNO4S. The van der Waals surface area contributed by atoms with Gasteiger partial charge in [0.05, 0.1) is 7.11 Å². The van der Waals surface area contributed by atoms with E-state index in [2.05, 4.69) is 17.2 Å². The summed E-state index contributed by atoms with van der Waals surface area (Å²) in [6.07, 6.45) is 10.5. The molecule has 1 N–H and O–H groups in total. The molecule has 0 aliphatic carbocycles. The number of thioether (sulfide) groups is 1. The minimum absolute atomic E-state index is 0.0651. The zero-order valence-corrected chi connectivity index (χ0v) is 18.8. The second-order valence-corrected chi connectivity index (χ2v) is 7.82. The molecule has 1 atom stereocenters. The van der Waals surface area contributed by atoms with Crippen molar-refractivity contribution in [2.75, 3.05) is 32.6 Å². The summed E-state index contributed by atoms with van der Waals surface area (Å²) in [4.78, 5) is 13.6. The third-order valence-corrected chi connectivity index (χ3v) is 5.45. The van der Waals surface area contributed by atoms with Gasteiger partial charge in [0, 0.05) is 22.2 Å². The standard InChI is InChI=1S/C24H24ClNO4S/c1-4-14-29-21-11-6-18(16-22(21)28-3)12-13-26-24(27)23(30-15-5-2)17-31-20-9-7-19(25)8-10-20/h1-2,6-11,16,23H,12-15,17H2,3H3,(H,26,27). The molecule has 0 radical (unpaired) electrons. The van der Waals surface area contributed by atoms with Crippen LogP contribution in [0.2, 0.25) is 5.02 Å². The summed E-state index contributed by atoms with van der Waals surface area (Å²) >= 11 is 7.41. The number of terminal acetylenes is 2. The van der Waals surface area contributed by atoms with Crippen LogP contribution in [0.3, 0.4) is 0 Å². The molecule has 0 aliphatic rings. The molecule has 1 unspecified atom stereocenters. The highest BCUT2D eigenvalue weighted by Gasteiger charge is 2.19. The average Bonchev–Trinajstić information content (AvgIpc) is 2.79. The quantitative estimate of drug-likeness (QED) is 0.388. The van der Waals surface area contributed by atoms with Gasteiger partial charge in [0.15, 0.2) is 11.5 Å². The van der Waals surface area contributed by atoms with E-state index in [0.29, 0.717) is 35.2 Å². The molecule has 0 saturated carbocycles. The Hall–Kier alpha value is -2.77. The Balaban J connectivity index is 1.89. The number of hydrogen-bond donors (Lipinski definition) is 1. The number of amides is 1. The van der Waals surface area contributed by atoms with Crippen LogP contribution < -0.4 is 14.8 Å². The zero-order valence-electron chi connectivity index (χ0n) is 17.2. The number of hydrogen-bond acceptors (Lipinski definition) is 5. The number of rotatable bonds is 12. The van der Waals surface area contributed by atoms with Crippen molar-refractivity contribution in [1.29, 1.82) is 0 Å². The maximum Gasteiger partial charge on any atom is 0.250 e. The van der Waals surface area contributed by atoms with E-state index in [4.69, 9.17) is 38.7 Å². The number of methoxy groups -OCH3 is 1. The van der Waals surface area contributed by atoms with Crippen molar-refractivity contribution < 1.29 is 19.0 Å². The summed E-state index contributed by atoms with van der Waals surface area (Å²) in [6.45, 7) is 0.669. The van der Waals surface area contributed by atoms with E-state index in [0.717, 1.165) is 10.5 Å². The summed E-state index contributed by atoms with van der Waals surface area (Å²) in [5.41, 5.74) is 0.988. The number of nitrogens with one attached hydrogen (secondary N) is 1. The van der Waals surface area contributed by atoms with Crippen LogP contribution in [0, 0.1) is 24.7 Å². The lowest BCUT2D eigenvalue weighted by Gasteiger charge is -2.16. The maximum absolute atomic E-state index is 12.6. The molecular weight excluding hydrogens is 434 g/mol. The van der Waals surface area contributed by atoms with Gasteiger partial charge in [0.25, 0.3) is 0 Å². The smallest absolute Gasteiger partial charge is 0.250 e. The van der Waals surface area contributed by atoms with Gasteiger partial charge in [0.1, 0.15) is 19.3 Å². The van der Waals surface area contributed by atoms with Crippen LogP contribution in [0.4, 0.5) is 0 Å². The van der Waals surface area contributed by atoms with E-state index in [1.807, 2.05) is 24.3 Å². The SMILES string of the molecule is C#CCOc1ccc(CCNC(=O)C(CSc2ccc(Cl)cc2)OCC#C)cc1OC. The molecule has 0 bridgehead atoms. The van der Waals surface area contributed by atoms with E-state index < -0.39 is 6.10 Å². The normalized spacial score (nSPS) is 11.1. The van der Waals surface area contributed by atoms with Crippen LogP contribution in [0.15, 0.2) is 47.4 Å². The zero-order chi connectivity index (χ0) is 22.5. The van der Waals surface area contributed by atoms with E-state index in [1.165, 1.54) is 11.8 Å². The Morgan fingerprint density at radius 2 is 1.87 bits per heavy atom. The van der Waals surface area contributed by atoms with Gasteiger partial charge in [-0.05, 0) is 48.4 Å². The van der Waals surface area contributed by atoms with E-state index in [1.54, 1.807) is 25.3 Å². The highest BCUT2D eigenvalue weighted by atomic mass is 35.5. The largest absolute Gasteiger partial charge is 0.493 e. The molecule has 31 heavy (non-hydrogen) atoms. The monoisotopic (exact) mass is 457 g/mol. The first-order valence-electron chi connectivity index (χ1n) is 9.51. The summed E-state index contributed by atoms with van der Waals surface area (Å²) in [5, 5.41) is 3.57. The number of ether oxygens (including phenoxy) is 3. The lowest BCUT2D eigenvalue weighted by molar-refractivity contribution is -0.130. The van der Waals surface area contributed by atoms with Crippen molar-refractivity contribution in [3.05, 3.63) is 53.1 Å². The van der Waals surface area contributed by atoms with Crippen molar-refractivity contribution in [2.45, 2.75) is 17.4 Å². The fraction of sp³-hybridized carbons (Fsp3) is 0.292. The molecule has 0 heterocycles. The van der Waals surface area contributed by atoms with Crippen molar-refractivity contribution >= 4 is 29.3 Å². The van der Waals surface area contributed by atoms with E-state index in [-0.39, 0.29) is 19.1 Å². The molecule has 5 nitrogen and oxygen atoms in total. The topological polar surface area (TPSA) is 56.8 Å². The van der Waals surface area contributed by atoms with Crippen molar-refractivity contribution in [3.8, 4) is 36.2 Å². The molecule has 0 saturated heterocycles. The molecule has 0 aromatic heterocycles. The molecule has 2 rings (SSSR count). The van der Waals surface area contributed by atoms with Gasteiger partial charge in [0.2, 0.25) is 5.91 Å². The van der Waals surface area contributed by atoms with Crippen molar-refractivity contribution in [2.24, 2.45) is 0 Å². The molecule has 7 heteroatoms. The summed E-state index contributed by atoms with van der Waals surface area (Å²) in [5.74, 6) is 6.22. The molecule has 2 aromatic rings. The summed E-state index contributed by atoms with van der Waals surface area (Å²) < 4.78 is 16.3. The second-order valence-electron chi connectivity index (χ2n) is 6.29. The fourth-order valence-electron chi connectivity index (χ4n) is 2.60. The number of benzene rings is 2. The van der Waals surface area contributed by atoms with Crippen molar-refractivity contribution in [3.63, 3.8) is 0 Å². The van der Waals surface area contributed by atoms with Crippen molar-refractivity contribution in [1.82, 2.24) is 5.32 Å². The first kappa shape index (κ1) is 24.5. The average molecular weight is 458 g/mol. The predicted molar refractivity (Wildman–Crippen MR) is 125 cm³/mol. The van der Waals surface area contributed by atoms with Gasteiger partial charge in [-0.15, -0.1) is 24.6 Å². The van der Waals surface area contributed by atoms with Gasteiger partial charge in [-0.1, -0.05) is 29.5 Å². The first-order valence-corrected chi connectivity index (χ1v) is 10.9. The highest BCUT2D eigenvalue weighted by molar-refractivity contribution is 7.99. The lowest BCUT2D eigenvalue weighted by Crippen LogP contribution is -2.39. The number of carbonyl (C=O) groups excluding carboxylic acids is 1. The van der Waals surface area contributed by atoms with Gasteiger partial charge in [-0.25, -0.2) is 0 Å². The number of carbonyl (C=O) groups is 1. The number of halogens is 1. The lowest BCUT2D eigenvalue weighted by atomic mass is 10.1. The van der Waals surface area contributed by atoms with Crippen LogP contribution in [0.1, 0.15) is 5.56 Å². The Morgan fingerprint density at radius 3 is 2.55 bits per heavy atom. The molecule has 0 aliphatic heterocycles. The molecule has 0 fully saturated rings. The molecule has 0 spiro atoms. The summed E-state index contributed by atoms with van der Waals surface area (Å²) in [6, 6.07) is 13.0. The van der Waals surface area contributed by atoms with Crippen LogP contribution >= 0.6 is 23.4 Å². The predicted octanol–water partition coefficient (Wildman–Crippen LogP) is 3.83. The molecule has 162 valence electrons. The van der Waals surface area contributed by atoms with Gasteiger partial charge in [-0.3, -0.25) is 4.79 Å². The van der Waals surface area contributed by atoms with Crippen LogP contribution in [0.25, 0.3) is 0 Å². The minimum Gasteiger partial charge on any atom is -0.493 e. The van der Waals surface area contributed by atoms with Crippen LogP contribution in [-0.4, -0.2) is 44.6 Å². The van der Waals surface area contributed by atoms with Gasteiger partial charge >= 0.3 is 0 Å². The third kappa shape index (κ3) is 8.47. The Morgan fingerprint density at radius 1 is 1.13 bits per heavy atom. The molecule has 2 aromatic carbocycles. The first-order chi connectivity index (χ1) is 15.1. The Labute approximate surface area is 192 Å². The van der Waals surface area contributed by atoms with Crippen LogP contribution in [0.5, 0.6) is 11.5 Å².